The van der Waals surface area contributed by atoms with E-state index in [4.69, 9.17) is 0 Å². The summed E-state index contributed by atoms with van der Waals surface area (Å²) in [6.07, 6.45) is -3.10. The number of likely N-dealkylation sites (tertiary alicyclic amines) is 1. The van der Waals surface area contributed by atoms with Crippen LogP contribution in [0.5, 0.6) is 0 Å². The summed E-state index contributed by atoms with van der Waals surface area (Å²) in [5, 5.41) is 2.57. The Hall–Kier alpha value is -2.09. The highest BCUT2D eigenvalue weighted by Crippen LogP contribution is 2.30. The molecule has 1 aromatic rings. The van der Waals surface area contributed by atoms with Gasteiger partial charge in [0.2, 0.25) is 11.8 Å². The van der Waals surface area contributed by atoms with Crippen LogP contribution in [0.25, 0.3) is 0 Å². The van der Waals surface area contributed by atoms with E-state index in [0.717, 1.165) is 12.1 Å². The normalized spacial score (nSPS) is 17.2. The lowest BCUT2D eigenvalue weighted by atomic mass is 9.94. The molecule has 1 fully saturated rings. The minimum absolute atomic E-state index is 0.0325. The van der Waals surface area contributed by atoms with Crippen LogP contribution in [0.15, 0.2) is 24.3 Å². The van der Waals surface area contributed by atoms with Crippen molar-refractivity contribution >= 4 is 17.5 Å². The van der Waals surface area contributed by atoms with Gasteiger partial charge in [-0.05, 0) is 64.9 Å². The van der Waals surface area contributed by atoms with Crippen LogP contribution < -0.4 is 5.32 Å². The molecule has 28 heavy (non-hydrogen) atoms. The standard InChI is InChI=1S/C20H28F3N3O2/c1-4-25(5-2)19(28)15-9-11-26(12-10-15)14(3)18(27)24-17-8-6-7-16(13-17)20(21,22)23/h6-8,13-15H,4-5,9-12H2,1-3H3,(H,24,27). The number of piperidine rings is 1. The molecule has 1 unspecified atom stereocenters. The third kappa shape index (κ3) is 5.47. The van der Waals surface area contributed by atoms with Crippen molar-refractivity contribution in [1.82, 2.24) is 9.80 Å². The molecule has 1 aliphatic rings. The quantitative estimate of drug-likeness (QED) is 0.795. The van der Waals surface area contributed by atoms with Crippen molar-refractivity contribution in [3.63, 3.8) is 0 Å². The molecule has 0 bridgehead atoms. The zero-order valence-electron chi connectivity index (χ0n) is 16.6. The van der Waals surface area contributed by atoms with Crippen LogP contribution in [0, 0.1) is 5.92 Å². The van der Waals surface area contributed by atoms with Gasteiger partial charge in [-0.1, -0.05) is 6.07 Å². The van der Waals surface area contributed by atoms with E-state index in [2.05, 4.69) is 5.32 Å². The first kappa shape index (κ1) is 22.2. The monoisotopic (exact) mass is 399 g/mol. The maximum absolute atomic E-state index is 12.8. The number of halogens is 3. The summed E-state index contributed by atoms with van der Waals surface area (Å²) < 4.78 is 38.4. The fraction of sp³-hybridized carbons (Fsp3) is 0.600. The van der Waals surface area contributed by atoms with Gasteiger partial charge in [-0.2, -0.15) is 13.2 Å². The van der Waals surface area contributed by atoms with Crippen LogP contribution >= 0.6 is 0 Å². The molecule has 1 atom stereocenters. The largest absolute Gasteiger partial charge is 0.416 e. The summed E-state index contributed by atoms with van der Waals surface area (Å²) in [5.41, 5.74) is -0.674. The van der Waals surface area contributed by atoms with Gasteiger partial charge >= 0.3 is 6.18 Å². The van der Waals surface area contributed by atoms with Crippen LogP contribution in [0.1, 0.15) is 39.2 Å². The van der Waals surface area contributed by atoms with E-state index in [1.807, 2.05) is 23.6 Å². The highest BCUT2D eigenvalue weighted by atomic mass is 19.4. The summed E-state index contributed by atoms with van der Waals surface area (Å²) in [5.74, 6) is -0.228. The van der Waals surface area contributed by atoms with Crippen molar-refractivity contribution in [2.24, 2.45) is 5.92 Å². The van der Waals surface area contributed by atoms with Crippen LogP contribution in [-0.2, 0) is 15.8 Å². The Kier molecular flexibility index (Phi) is 7.46. The van der Waals surface area contributed by atoms with Gasteiger partial charge in [-0.3, -0.25) is 14.5 Å². The van der Waals surface area contributed by atoms with Gasteiger partial charge in [0.05, 0.1) is 11.6 Å². The van der Waals surface area contributed by atoms with E-state index < -0.39 is 17.8 Å². The Morgan fingerprint density at radius 3 is 2.36 bits per heavy atom. The topological polar surface area (TPSA) is 52.7 Å². The highest BCUT2D eigenvalue weighted by Gasteiger charge is 2.32. The van der Waals surface area contributed by atoms with Gasteiger partial charge in [-0.15, -0.1) is 0 Å². The lowest BCUT2D eigenvalue weighted by Crippen LogP contribution is -2.48. The van der Waals surface area contributed by atoms with Crippen molar-refractivity contribution < 1.29 is 22.8 Å². The van der Waals surface area contributed by atoms with Crippen molar-refractivity contribution in [1.29, 1.82) is 0 Å². The number of nitrogens with zero attached hydrogens (tertiary/aromatic N) is 2. The summed E-state index contributed by atoms with van der Waals surface area (Å²) >= 11 is 0. The second kappa shape index (κ2) is 9.41. The van der Waals surface area contributed by atoms with Crippen molar-refractivity contribution in [2.75, 3.05) is 31.5 Å². The van der Waals surface area contributed by atoms with Crippen molar-refractivity contribution in [3.05, 3.63) is 29.8 Å². The maximum Gasteiger partial charge on any atom is 0.416 e. The first-order valence-electron chi connectivity index (χ1n) is 9.68. The van der Waals surface area contributed by atoms with Gasteiger partial charge in [0.25, 0.3) is 0 Å². The first-order valence-corrected chi connectivity index (χ1v) is 9.68. The Balaban J connectivity index is 1.92. The van der Waals surface area contributed by atoms with E-state index >= 15 is 0 Å². The number of anilines is 1. The van der Waals surface area contributed by atoms with Gasteiger partial charge in [0.1, 0.15) is 0 Å². The Morgan fingerprint density at radius 2 is 1.82 bits per heavy atom. The van der Waals surface area contributed by atoms with Crippen molar-refractivity contribution in [2.45, 2.75) is 45.8 Å². The molecule has 2 rings (SSSR count). The average Bonchev–Trinajstić information content (AvgIpc) is 2.68. The molecule has 0 saturated carbocycles. The molecule has 1 N–H and O–H groups in total. The Morgan fingerprint density at radius 1 is 1.21 bits per heavy atom. The Labute approximate surface area is 163 Å². The molecule has 5 nitrogen and oxygen atoms in total. The molecule has 8 heteroatoms. The predicted octanol–water partition coefficient (Wildman–Crippen LogP) is 3.61. The third-order valence-electron chi connectivity index (χ3n) is 5.34. The number of nitrogens with one attached hydrogen (secondary N) is 1. The molecule has 0 radical (unpaired) electrons. The SMILES string of the molecule is CCN(CC)C(=O)C1CCN(C(C)C(=O)Nc2cccc(C(F)(F)F)c2)CC1. The minimum atomic E-state index is -4.45. The third-order valence-corrected chi connectivity index (χ3v) is 5.34. The Bertz CT molecular complexity index is 682. The fourth-order valence-corrected chi connectivity index (χ4v) is 3.51. The summed E-state index contributed by atoms with van der Waals surface area (Å²) in [7, 11) is 0. The number of carbonyl (C=O) groups is 2. The second-order valence-corrected chi connectivity index (χ2v) is 7.06. The number of rotatable bonds is 6. The molecule has 2 amide bonds. The lowest BCUT2D eigenvalue weighted by molar-refractivity contribution is -0.138. The number of amides is 2. The molecule has 0 aliphatic carbocycles. The number of alkyl halides is 3. The zero-order valence-corrected chi connectivity index (χ0v) is 16.6. The summed E-state index contributed by atoms with van der Waals surface area (Å²) in [6.45, 7) is 8.23. The molecule has 1 aliphatic heterocycles. The number of hydrogen-bond donors (Lipinski definition) is 1. The lowest BCUT2D eigenvalue weighted by Gasteiger charge is -2.36. The summed E-state index contributed by atoms with van der Waals surface area (Å²) in [4.78, 5) is 28.7. The van der Waals surface area contributed by atoms with E-state index in [0.29, 0.717) is 39.0 Å². The van der Waals surface area contributed by atoms with Gasteiger partial charge < -0.3 is 10.2 Å². The maximum atomic E-state index is 12.8. The molecule has 1 heterocycles. The van der Waals surface area contributed by atoms with Crippen LogP contribution in [0.2, 0.25) is 0 Å². The average molecular weight is 399 g/mol. The first-order chi connectivity index (χ1) is 13.2. The highest BCUT2D eigenvalue weighted by molar-refractivity contribution is 5.94. The molecule has 1 saturated heterocycles. The molecular formula is C20H28F3N3O2. The molecule has 156 valence electrons. The molecule has 1 aromatic carbocycles. The number of carbonyl (C=O) groups excluding carboxylic acids is 2. The van der Waals surface area contributed by atoms with Gasteiger partial charge in [0.15, 0.2) is 0 Å². The van der Waals surface area contributed by atoms with E-state index in [-0.39, 0.29) is 23.4 Å². The number of hydrogen-bond acceptors (Lipinski definition) is 3. The number of benzene rings is 1. The van der Waals surface area contributed by atoms with Crippen molar-refractivity contribution in [3.8, 4) is 0 Å². The molecular weight excluding hydrogens is 371 g/mol. The minimum Gasteiger partial charge on any atom is -0.343 e. The zero-order chi connectivity index (χ0) is 20.9. The van der Waals surface area contributed by atoms with E-state index in [9.17, 15) is 22.8 Å². The van der Waals surface area contributed by atoms with E-state index in [1.54, 1.807) is 6.92 Å². The smallest absolute Gasteiger partial charge is 0.343 e. The van der Waals surface area contributed by atoms with Crippen LogP contribution in [0.3, 0.4) is 0 Å². The van der Waals surface area contributed by atoms with Gasteiger partial charge in [0, 0.05) is 24.7 Å². The van der Waals surface area contributed by atoms with E-state index in [1.165, 1.54) is 12.1 Å². The molecule has 0 spiro atoms. The van der Waals surface area contributed by atoms with Crippen LogP contribution in [-0.4, -0.2) is 53.8 Å². The summed E-state index contributed by atoms with van der Waals surface area (Å²) in [6, 6.07) is 4.12. The predicted molar refractivity (Wildman–Crippen MR) is 102 cm³/mol. The fourth-order valence-electron chi connectivity index (χ4n) is 3.51. The molecule has 0 aromatic heterocycles. The van der Waals surface area contributed by atoms with Crippen LogP contribution in [0.4, 0.5) is 18.9 Å². The van der Waals surface area contributed by atoms with Gasteiger partial charge in [-0.25, -0.2) is 0 Å². The second-order valence-electron chi connectivity index (χ2n) is 7.06.